The van der Waals surface area contributed by atoms with E-state index in [9.17, 15) is 0 Å². The van der Waals surface area contributed by atoms with Gasteiger partial charge >= 0.3 is 0 Å². The van der Waals surface area contributed by atoms with E-state index in [-0.39, 0.29) is 0 Å². The van der Waals surface area contributed by atoms with E-state index in [1.807, 2.05) is 23.1 Å². The van der Waals surface area contributed by atoms with E-state index < -0.39 is 5.41 Å². The summed E-state index contributed by atoms with van der Waals surface area (Å²) in [6.07, 6.45) is 0. The lowest BCUT2D eigenvalue weighted by atomic mass is 9.67. The van der Waals surface area contributed by atoms with Gasteiger partial charge in [0.25, 0.3) is 0 Å². The van der Waals surface area contributed by atoms with Gasteiger partial charge in [-0.3, -0.25) is 4.57 Å². The van der Waals surface area contributed by atoms with Gasteiger partial charge in [0.2, 0.25) is 5.95 Å². The normalized spacial score (nSPS) is 13.8. The summed E-state index contributed by atoms with van der Waals surface area (Å²) in [5, 5.41) is 4.74. The molecule has 1 aliphatic carbocycles. The first-order valence-corrected chi connectivity index (χ1v) is 19.2. The Morgan fingerprint density at radius 3 is 1.94 bits per heavy atom. The fourth-order valence-corrected chi connectivity index (χ4v) is 11.7. The molecule has 0 unspecified atom stereocenters. The Balaban J connectivity index is 1.25. The minimum Gasteiger partial charge on any atom is -0.276 e. The van der Waals surface area contributed by atoms with Gasteiger partial charge in [0.15, 0.2) is 0 Å². The highest BCUT2D eigenvalue weighted by Gasteiger charge is 2.52. The third-order valence-corrected chi connectivity index (χ3v) is 13.5. The predicted molar refractivity (Wildman–Crippen MR) is 216 cm³/mol. The molecule has 10 aromatic rings. The molecule has 0 amide bonds. The second-order valence-corrected chi connectivity index (χ2v) is 15.7. The Morgan fingerprint density at radius 1 is 0.500 bits per heavy atom. The third kappa shape index (κ3) is 3.61. The number of rotatable bonds is 2. The first kappa shape index (κ1) is 28.7. The Kier molecular flexibility index (Phi) is 5.80. The second-order valence-electron chi connectivity index (χ2n) is 13.6. The summed E-state index contributed by atoms with van der Waals surface area (Å²) in [4.78, 5) is 14.7. The largest absolute Gasteiger partial charge is 0.276 e. The molecule has 52 heavy (non-hydrogen) atoms. The standard InChI is InChI=1S/C47H27N3S2/c1-2-14-28(15-3-1)42-32-18-5-10-22-37(32)48-46(49-42)50-38-23-11-6-16-29(38)30-26-27-33-41-44(52-45(33)43(30)50)31-17-4-7-19-34(31)47(41)35-20-8-12-24-39(35)51-40-25-13-9-21-36(40)47/h1-27H. The zero-order chi connectivity index (χ0) is 34.0. The highest BCUT2D eigenvalue weighted by Crippen LogP contribution is 2.65. The summed E-state index contributed by atoms with van der Waals surface area (Å²) in [7, 11) is 0. The molecule has 4 heterocycles. The minimum atomic E-state index is -0.437. The average molecular weight is 698 g/mol. The topological polar surface area (TPSA) is 30.7 Å². The van der Waals surface area contributed by atoms with Crippen LogP contribution in [0.2, 0.25) is 0 Å². The van der Waals surface area contributed by atoms with Crippen molar-refractivity contribution >= 4 is 65.9 Å². The van der Waals surface area contributed by atoms with Crippen LogP contribution in [0.25, 0.3) is 70.4 Å². The Bertz CT molecular complexity index is 3070. The summed E-state index contributed by atoms with van der Waals surface area (Å²) >= 11 is 3.81. The number of hydrogen-bond donors (Lipinski definition) is 0. The molecule has 3 aromatic heterocycles. The van der Waals surface area contributed by atoms with Crippen LogP contribution in [0.5, 0.6) is 0 Å². The van der Waals surface area contributed by atoms with Crippen molar-refractivity contribution in [2.24, 2.45) is 0 Å². The zero-order valence-corrected chi connectivity index (χ0v) is 29.4. The molecule has 12 rings (SSSR count). The first-order chi connectivity index (χ1) is 25.8. The number of benzene rings is 7. The lowest BCUT2D eigenvalue weighted by molar-refractivity contribution is 0.729. The summed E-state index contributed by atoms with van der Waals surface area (Å²) in [6.45, 7) is 0. The van der Waals surface area contributed by atoms with Crippen LogP contribution in [0, 0.1) is 0 Å². The summed E-state index contributed by atoms with van der Waals surface area (Å²) in [6, 6.07) is 59.5. The van der Waals surface area contributed by atoms with Crippen molar-refractivity contribution < 1.29 is 0 Å². The molecule has 0 N–H and O–H groups in total. The molecule has 0 bridgehead atoms. The van der Waals surface area contributed by atoms with Gasteiger partial charge in [-0.2, -0.15) is 0 Å². The molecule has 0 saturated heterocycles. The lowest BCUT2D eigenvalue weighted by Gasteiger charge is -2.39. The van der Waals surface area contributed by atoms with Crippen LogP contribution in [0.3, 0.4) is 0 Å². The fourth-order valence-electron chi connectivity index (χ4n) is 9.05. The molecule has 242 valence electrons. The molecule has 1 spiro atoms. The van der Waals surface area contributed by atoms with Gasteiger partial charge in [-0.05, 0) is 52.1 Å². The van der Waals surface area contributed by atoms with Gasteiger partial charge < -0.3 is 0 Å². The van der Waals surface area contributed by atoms with Crippen molar-refractivity contribution in [1.82, 2.24) is 14.5 Å². The van der Waals surface area contributed by atoms with Gasteiger partial charge in [0.05, 0.1) is 32.4 Å². The van der Waals surface area contributed by atoms with Crippen molar-refractivity contribution in [1.29, 1.82) is 0 Å². The van der Waals surface area contributed by atoms with Crippen LogP contribution in [0.15, 0.2) is 174 Å². The maximum absolute atomic E-state index is 5.42. The maximum atomic E-state index is 5.42. The van der Waals surface area contributed by atoms with Crippen LogP contribution in [0.4, 0.5) is 0 Å². The Hall–Kier alpha value is -6.01. The fraction of sp³-hybridized carbons (Fsp3) is 0.0213. The van der Waals surface area contributed by atoms with Crippen molar-refractivity contribution in [2.45, 2.75) is 15.2 Å². The molecule has 0 radical (unpaired) electrons. The van der Waals surface area contributed by atoms with E-state index in [0.29, 0.717) is 5.95 Å². The number of para-hydroxylation sites is 2. The molecule has 0 saturated carbocycles. The van der Waals surface area contributed by atoms with Crippen LogP contribution in [-0.4, -0.2) is 14.5 Å². The van der Waals surface area contributed by atoms with Gasteiger partial charge in [-0.15, -0.1) is 11.3 Å². The van der Waals surface area contributed by atoms with E-state index in [4.69, 9.17) is 9.97 Å². The van der Waals surface area contributed by atoms with Crippen molar-refractivity contribution in [3.05, 3.63) is 186 Å². The molecule has 5 heteroatoms. The highest BCUT2D eigenvalue weighted by atomic mass is 32.2. The minimum absolute atomic E-state index is 0.437. The van der Waals surface area contributed by atoms with Crippen LogP contribution in [0.1, 0.15) is 22.3 Å². The van der Waals surface area contributed by atoms with Crippen LogP contribution in [-0.2, 0) is 5.41 Å². The van der Waals surface area contributed by atoms with Crippen LogP contribution < -0.4 is 0 Å². The number of thiophene rings is 1. The average Bonchev–Trinajstić information content (AvgIpc) is 3.85. The van der Waals surface area contributed by atoms with E-state index >= 15 is 0 Å². The molecular formula is C47H27N3S2. The van der Waals surface area contributed by atoms with E-state index in [1.165, 1.54) is 63.3 Å². The van der Waals surface area contributed by atoms with Crippen molar-refractivity contribution in [3.63, 3.8) is 0 Å². The smallest absolute Gasteiger partial charge is 0.235 e. The Labute approximate surface area is 307 Å². The summed E-state index contributed by atoms with van der Waals surface area (Å²) < 4.78 is 3.59. The first-order valence-electron chi connectivity index (χ1n) is 17.6. The summed E-state index contributed by atoms with van der Waals surface area (Å²) in [5.74, 6) is 0.685. The molecule has 2 aliphatic rings. The number of nitrogens with zero attached hydrogens (tertiary/aromatic N) is 3. The molecular weight excluding hydrogens is 671 g/mol. The van der Waals surface area contributed by atoms with Gasteiger partial charge in [0, 0.05) is 41.8 Å². The van der Waals surface area contributed by atoms with E-state index in [2.05, 4.69) is 168 Å². The van der Waals surface area contributed by atoms with Gasteiger partial charge in [-0.1, -0.05) is 151 Å². The van der Waals surface area contributed by atoms with Gasteiger partial charge in [-0.25, -0.2) is 9.97 Å². The number of hydrogen-bond acceptors (Lipinski definition) is 4. The lowest BCUT2D eigenvalue weighted by Crippen LogP contribution is -2.31. The molecule has 1 aliphatic heterocycles. The van der Waals surface area contributed by atoms with E-state index in [1.54, 1.807) is 0 Å². The van der Waals surface area contributed by atoms with Crippen LogP contribution >= 0.6 is 23.1 Å². The number of aromatic nitrogens is 3. The molecule has 0 fully saturated rings. The predicted octanol–water partition coefficient (Wildman–Crippen LogP) is 12.4. The molecule has 7 aromatic carbocycles. The quantitative estimate of drug-likeness (QED) is 0.180. The van der Waals surface area contributed by atoms with Crippen molar-refractivity contribution in [2.75, 3.05) is 0 Å². The second kappa shape index (κ2) is 10.5. The summed E-state index contributed by atoms with van der Waals surface area (Å²) in [5.41, 5.74) is 11.6. The Morgan fingerprint density at radius 2 is 1.13 bits per heavy atom. The SMILES string of the molecule is c1ccc(-c2nc(-n3c4ccccc4c4ccc5c6c(sc5c43)-c3ccccc3C63c4ccccc4Sc4ccccc43)nc3ccccc23)cc1. The van der Waals surface area contributed by atoms with Gasteiger partial charge in [0.1, 0.15) is 0 Å². The number of fused-ring (bicyclic) bond motifs is 16. The zero-order valence-electron chi connectivity index (χ0n) is 27.7. The monoisotopic (exact) mass is 697 g/mol. The van der Waals surface area contributed by atoms with Crippen molar-refractivity contribution in [3.8, 4) is 27.6 Å². The third-order valence-electron chi connectivity index (χ3n) is 11.1. The molecule has 0 atom stereocenters. The molecule has 3 nitrogen and oxygen atoms in total. The highest BCUT2D eigenvalue weighted by molar-refractivity contribution is 7.99. The maximum Gasteiger partial charge on any atom is 0.235 e. The van der Waals surface area contributed by atoms with E-state index in [0.717, 1.165) is 33.2 Å².